The maximum absolute atomic E-state index is 10.6. The van der Waals surface area contributed by atoms with Gasteiger partial charge in [0.2, 0.25) is 0 Å². The Labute approximate surface area is 136 Å². The van der Waals surface area contributed by atoms with E-state index in [4.69, 9.17) is 5.73 Å². The number of aliphatic hydroxyl groups is 1. The fraction of sp³-hybridized carbons (Fsp3) is 0.211. The van der Waals surface area contributed by atoms with Crippen LogP contribution < -0.4 is 10.3 Å². The molecule has 1 heterocycles. The van der Waals surface area contributed by atoms with Crippen molar-refractivity contribution in [2.24, 2.45) is 0 Å². The number of hydrogen-bond acceptors (Lipinski definition) is 2. The Kier molecular flexibility index (Phi) is 4.17. The third kappa shape index (κ3) is 2.85. The van der Waals surface area contributed by atoms with Crippen LogP contribution >= 0.6 is 0 Å². The van der Waals surface area contributed by atoms with Crippen molar-refractivity contribution in [1.29, 1.82) is 0 Å². The Balaban J connectivity index is 2.01. The molecule has 4 nitrogen and oxygen atoms in total. The Hall–Kier alpha value is -2.59. The number of benzene rings is 2. The molecule has 0 aliphatic carbocycles. The second kappa shape index (κ2) is 6.26. The highest BCUT2D eigenvalue weighted by molar-refractivity contribution is 5.73. The molecular formula is C19H22N3O+. The van der Waals surface area contributed by atoms with Gasteiger partial charge in [0.25, 0.3) is 0 Å². The molecule has 0 fully saturated rings. The van der Waals surface area contributed by atoms with Crippen LogP contribution in [0.4, 0.5) is 5.95 Å². The normalized spacial score (nSPS) is 12.4. The van der Waals surface area contributed by atoms with E-state index in [9.17, 15) is 5.11 Å². The molecular weight excluding hydrogens is 286 g/mol. The Morgan fingerprint density at radius 2 is 1.91 bits per heavy atom. The van der Waals surface area contributed by atoms with E-state index >= 15 is 0 Å². The summed E-state index contributed by atoms with van der Waals surface area (Å²) >= 11 is 0. The summed E-state index contributed by atoms with van der Waals surface area (Å²) in [6, 6.07) is 16.0. The number of nitrogens with zero attached hydrogens (tertiary/aromatic N) is 2. The number of nitrogen functional groups attached to an aromatic ring is 1. The van der Waals surface area contributed by atoms with Gasteiger partial charge < -0.3 is 5.11 Å². The highest BCUT2D eigenvalue weighted by Crippen LogP contribution is 2.19. The maximum Gasteiger partial charge on any atom is 0.356 e. The second-order valence-corrected chi connectivity index (χ2v) is 5.78. The van der Waals surface area contributed by atoms with E-state index < -0.39 is 6.10 Å². The Morgan fingerprint density at radius 3 is 2.61 bits per heavy atom. The molecule has 4 heteroatoms. The van der Waals surface area contributed by atoms with Gasteiger partial charge in [0.1, 0.15) is 23.7 Å². The lowest BCUT2D eigenvalue weighted by Crippen LogP contribution is -2.39. The van der Waals surface area contributed by atoms with Crippen LogP contribution in [-0.4, -0.2) is 9.67 Å². The van der Waals surface area contributed by atoms with Crippen molar-refractivity contribution in [1.82, 2.24) is 4.57 Å². The molecule has 3 rings (SSSR count). The molecule has 23 heavy (non-hydrogen) atoms. The number of fused-ring (bicyclic) bond motifs is 1. The first-order valence-corrected chi connectivity index (χ1v) is 7.74. The van der Waals surface area contributed by atoms with Crippen molar-refractivity contribution >= 4 is 17.0 Å². The van der Waals surface area contributed by atoms with Gasteiger partial charge in [0.15, 0.2) is 0 Å². The first-order chi connectivity index (χ1) is 11.1. The zero-order valence-corrected chi connectivity index (χ0v) is 13.3. The van der Waals surface area contributed by atoms with Gasteiger partial charge in [-0.25, -0.2) is 9.13 Å². The molecule has 0 saturated carbocycles. The minimum atomic E-state index is -0.606. The molecule has 0 amide bonds. The van der Waals surface area contributed by atoms with Gasteiger partial charge in [0, 0.05) is 0 Å². The molecule has 0 aliphatic heterocycles. The van der Waals surface area contributed by atoms with E-state index in [-0.39, 0.29) is 0 Å². The maximum atomic E-state index is 10.6. The van der Waals surface area contributed by atoms with Gasteiger partial charge in [-0.3, -0.25) is 5.73 Å². The lowest BCUT2D eigenvalue weighted by atomic mass is 10.1. The van der Waals surface area contributed by atoms with E-state index in [0.717, 1.165) is 16.6 Å². The van der Waals surface area contributed by atoms with Crippen LogP contribution in [0, 0.1) is 6.92 Å². The van der Waals surface area contributed by atoms with Crippen molar-refractivity contribution < 1.29 is 9.67 Å². The summed E-state index contributed by atoms with van der Waals surface area (Å²) < 4.78 is 3.97. The van der Waals surface area contributed by atoms with E-state index in [0.29, 0.717) is 19.0 Å². The van der Waals surface area contributed by atoms with Gasteiger partial charge in [-0.05, 0) is 24.6 Å². The van der Waals surface area contributed by atoms with Gasteiger partial charge in [-0.15, -0.1) is 0 Å². The number of aromatic nitrogens is 2. The number of nitrogens with two attached hydrogens (primary N) is 1. The smallest absolute Gasteiger partial charge is 0.356 e. The van der Waals surface area contributed by atoms with Crippen LogP contribution in [-0.2, 0) is 13.1 Å². The van der Waals surface area contributed by atoms with Crippen LogP contribution in [0.15, 0.2) is 61.2 Å². The summed E-state index contributed by atoms with van der Waals surface area (Å²) in [6.07, 6.45) is 1.22. The van der Waals surface area contributed by atoms with Crippen molar-refractivity contribution in [2.45, 2.75) is 26.1 Å². The zero-order chi connectivity index (χ0) is 16.4. The molecule has 3 N–H and O–H groups in total. The summed E-state index contributed by atoms with van der Waals surface area (Å²) in [5.74, 6) is 0.622. The van der Waals surface area contributed by atoms with Crippen LogP contribution in [0.1, 0.15) is 17.2 Å². The van der Waals surface area contributed by atoms with E-state index in [1.54, 1.807) is 0 Å². The molecule has 0 unspecified atom stereocenters. The Morgan fingerprint density at radius 1 is 1.22 bits per heavy atom. The summed E-state index contributed by atoms with van der Waals surface area (Å²) in [5.41, 5.74) is 10.4. The average molecular weight is 308 g/mol. The Bertz CT molecular complexity index is 834. The molecule has 2 aromatic carbocycles. The first kappa shape index (κ1) is 15.3. The second-order valence-electron chi connectivity index (χ2n) is 5.78. The molecule has 0 saturated heterocycles. The lowest BCUT2D eigenvalue weighted by Gasteiger charge is -2.11. The van der Waals surface area contributed by atoms with Crippen LogP contribution in [0.2, 0.25) is 0 Å². The number of aliphatic hydroxyl groups excluding tert-OH is 1. The number of allylic oxidation sites excluding steroid dienone is 1. The quantitative estimate of drug-likeness (QED) is 0.562. The molecule has 0 radical (unpaired) electrons. The van der Waals surface area contributed by atoms with Crippen molar-refractivity contribution in [3.63, 3.8) is 0 Å². The predicted molar refractivity (Wildman–Crippen MR) is 92.9 cm³/mol. The number of aryl methyl sites for hydroxylation is 1. The predicted octanol–water partition coefficient (Wildman–Crippen LogP) is 2.74. The number of anilines is 1. The minimum Gasteiger partial charge on any atom is -0.385 e. The highest BCUT2D eigenvalue weighted by Gasteiger charge is 2.22. The zero-order valence-electron chi connectivity index (χ0n) is 13.3. The number of para-hydroxylation sites is 2. The standard InChI is InChI=1S/C19H21N3O/c1-3-12-21-16-6-4-5-7-17(16)22(19(21)20)13-18(23)15-10-8-14(2)9-11-15/h3-11,18,20,23H,1,12-13H2,2H3/p+1/t18-/m0/s1. The molecule has 0 bridgehead atoms. The first-order valence-electron chi connectivity index (χ1n) is 7.74. The molecule has 0 spiro atoms. The van der Waals surface area contributed by atoms with E-state index in [2.05, 4.69) is 6.58 Å². The third-order valence-electron chi connectivity index (χ3n) is 4.15. The van der Waals surface area contributed by atoms with Crippen LogP contribution in [0.3, 0.4) is 0 Å². The largest absolute Gasteiger partial charge is 0.385 e. The topological polar surface area (TPSA) is 55.1 Å². The highest BCUT2D eigenvalue weighted by atomic mass is 16.3. The summed E-state index contributed by atoms with van der Waals surface area (Å²) in [4.78, 5) is 0. The van der Waals surface area contributed by atoms with Gasteiger partial charge in [-0.1, -0.05) is 54.6 Å². The molecule has 0 aliphatic rings. The van der Waals surface area contributed by atoms with Gasteiger partial charge in [0.05, 0.1) is 6.54 Å². The van der Waals surface area contributed by atoms with E-state index in [1.807, 2.05) is 70.7 Å². The summed E-state index contributed by atoms with van der Waals surface area (Å²) in [6.45, 7) is 6.88. The van der Waals surface area contributed by atoms with E-state index in [1.165, 1.54) is 5.56 Å². The monoisotopic (exact) mass is 308 g/mol. The van der Waals surface area contributed by atoms with Crippen LogP contribution in [0.25, 0.3) is 11.0 Å². The van der Waals surface area contributed by atoms with Crippen LogP contribution in [0.5, 0.6) is 0 Å². The lowest BCUT2D eigenvalue weighted by molar-refractivity contribution is -0.666. The summed E-state index contributed by atoms with van der Waals surface area (Å²) in [5, 5.41) is 10.6. The fourth-order valence-electron chi connectivity index (χ4n) is 2.89. The van der Waals surface area contributed by atoms with Crippen molar-refractivity contribution in [3.05, 3.63) is 72.3 Å². The SMILES string of the molecule is C=CCn1c(N)[n+](C[C@H](O)c2ccc(C)cc2)c2ccccc21. The molecule has 1 atom stereocenters. The van der Waals surface area contributed by atoms with Gasteiger partial charge >= 0.3 is 5.95 Å². The number of hydrogen-bond donors (Lipinski definition) is 2. The molecule has 1 aromatic heterocycles. The number of imidazole rings is 1. The molecule has 3 aromatic rings. The average Bonchev–Trinajstić information content (AvgIpc) is 2.82. The summed E-state index contributed by atoms with van der Waals surface area (Å²) in [7, 11) is 0. The molecule has 118 valence electrons. The fourth-order valence-corrected chi connectivity index (χ4v) is 2.89. The van der Waals surface area contributed by atoms with Gasteiger partial charge in [-0.2, -0.15) is 0 Å². The van der Waals surface area contributed by atoms with Crippen molar-refractivity contribution in [2.75, 3.05) is 5.73 Å². The minimum absolute atomic E-state index is 0.416. The number of rotatable bonds is 5. The van der Waals surface area contributed by atoms with Crippen molar-refractivity contribution in [3.8, 4) is 0 Å². The third-order valence-corrected chi connectivity index (χ3v) is 4.15.